The minimum atomic E-state index is -0.00228. The summed E-state index contributed by atoms with van der Waals surface area (Å²) in [6, 6.07) is 5.72. The van der Waals surface area contributed by atoms with Gasteiger partial charge >= 0.3 is 6.03 Å². The van der Waals surface area contributed by atoms with Crippen molar-refractivity contribution in [3.63, 3.8) is 0 Å². The molecule has 0 radical (unpaired) electrons. The van der Waals surface area contributed by atoms with Crippen molar-refractivity contribution in [2.24, 2.45) is 0 Å². The molecule has 0 aromatic heterocycles. The van der Waals surface area contributed by atoms with Crippen LogP contribution >= 0.6 is 38.5 Å². The van der Waals surface area contributed by atoms with E-state index in [1.807, 2.05) is 18.2 Å². The van der Waals surface area contributed by atoms with Crippen LogP contribution in [0.25, 0.3) is 0 Å². The molecule has 1 saturated heterocycles. The lowest BCUT2D eigenvalue weighted by Gasteiger charge is -2.36. The summed E-state index contributed by atoms with van der Waals surface area (Å²) in [5.41, 5.74) is 0.675. The van der Waals surface area contributed by atoms with Gasteiger partial charge in [0.15, 0.2) is 0 Å². The zero-order valence-corrected chi connectivity index (χ0v) is 15.7. The third-order valence-electron chi connectivity index (χ3n) is 3.38. The average Bonchev–Trinajstić information content (AvgIpc) is 2.48. The molecule has 2 rings (SSSR count). The minimum Gasteiger partial charge on any atom is -0.335 e. The zero-order chi connectivity index (χ0) is 15.6. The summed E-state index contributed by atoms with van der Waals surface area (Å²) >= 11 is 5.63. The highest BCUT2D eigenvalue weighted by atomic mass is 127. The third-order valence-corrected chi connectivity index (χ3v) is 4.74. The Hall–Kier alpha value is -0.830. The van der Waals surface area contributed by atoms with E-state index in [4.69, 9.17) is 0 Å². The second-order valence-electron chi connectivity index (χ2n) is 5.08. The number of benzene rings is 1. The van der Waals surface area contributed by atoms with E-state index in [2.05, 4.69) is 38.5 Å². The molecule has 0 bridgehead atoms. The average molecular weight is 466 g/mol. The SMILES string of the molecule is CN(C)C(=O)N1CCN(C(=O)c2cc(I)ccc2Br)CC1. The van der Waals surface area contributed by atoms with Gasteiger partial charge in [-0.2, -0.15) is 0 Å². The number of urea groups is 1. The van der Waals surface area contributed by atoms with Crippen LogP contribution in [0.4, 0.5) is 4.79 Å². The van der Waals surface area contributed by atoms with Crippen LogP contribution in [0.5, 0.6) is 0 Å². The number of piperazine rings is 1. The lowest BCUT2D eigenvalue weighted by Crippen LogP contribution is -2.52. The first-order valence-electron chi connectivity index (χ1n) is 6.60. The van der Waals surface area contributed by atoms with E-state index in [1.54, 1.807) is 28.8 Å². The van der Waals surface area contributed by atoms with Crippen molar-refractivity contribution >= 4 is 50.5 Å². The lowest BCUT2D eigenvalue weighted by molar-refractivity contribution is 0.0649. The fourth-order valence-corrected chi connectivity index (χ4v) is 3.12. The van der Waals surface area contributed by atoms with Gasteiger partial charge in [0.25, 0.3) is 5.91 Å². The maximum atomic E-state index is 12.6. The Morgan fingerprint density at radius 2 is 1.71 bits per heavy atom. The Morgan fingerprint density at radius 3 is 2.29 bits per heavy atom. The predicted molar refractivity (Wildman–Crippen MR) is 93.4 cm³/mol. The third kappa shape index (κ3) is 3.88. The van der Waals surface area contributed by atoms with E-state index in [0.29, 0.717) is 31.7 Å². The molecule has 0 N–H and O–H groups in total. The van der Waals surface area contributed by atoms with Crippen LogP contribution < -0.4 is 0 Å². The highest BCUT2D eigenvalue weighted by molar-refractivity contribution is 14.1. The predicted octanol–water partition coefficient (Wildman–Crippen LogP) is 2.49. The van der Waals surface area contributed by atoms with Gasteiger partial charge in [-0.1, -0.05) is 0 Å². The summed E-state index contributed by atoms with van der Waals surface area (Å²) in [4.78, 5) is 29.6. The monoisotopic (exact) mass is 465 g/mol. The van der Waals surface area contributed by atoms with Gasteiger partial charge in [0.2, 0.25) is 0 Å². The first-order valence-corrected chi connectivity index (χ1v) is 8.48. The van der Waals surface area contributed by atoms with E-state index in [1.165, 1.54) is 0 Å². The molecule has 0 aliphatic carbocycles. The quantitative estimate of drug-likeness (QED) is 0.598. The Balaban J connectivity index is 2.03. The van der Waals surface area contributed by atoms with Gasteiger partial charge in [-0.3, -0.25) is 4.79 Å². The highest BCUT2D eigenvalue weighted by Gasteiger charge is 2.26. The van der Waals surface area contributed by atoms with Gasteiger partial charge in [-0.05, 0) is 56.7 Å². The number of carbonyl (C=O) groups excluding carboxylic acids is 2. The van der Waals surface area contributed by atoms with E-state index < -0.39 is 0 Å². The van der Waals surface area contributed by atoms with Crippen molar-refractivity contribution < 1.29 is 9.59 Å². The molecule has 3 amide bonds. The summed E-state index contributed by atoms with van der Waals surface area (Å²) in [7, 11) is 3.48. The molecule has 0 saturated carbocycles. The van der Waals surface area contributed by atoms with Gasteiger partial charge in [-0.25, -0.2) is 4.79 Å². The minimum absolute atomic E-state index is 0.00228. The van der Waals surface area contributed by atoms with Crippen molar-refractivity contribution in [2.75, 3.05) is 40.3 Å². The van der Waals surface area contributed by atoms with Crippen LogP contribution in [0.3, 0.4) is 0 Å². The number of rotatable bonds is 1. The van der Waals surface area contributed by atoms with Gasteiger partial charge in [0.05, 0.1) is 5.56 Å². The van der Waals surface area contributed by atoms with Gasteiger partial charge < -0.3 is 14.7 Å². The van der Waals surface area contributed by atoms with Gasteiger partial charge in [0, 0.05) is 48.3 Å². The Kier molecular flexibility index (Phi) is 5.48. The van der Waals surface area contributed by atoms with Crippen LogP contribution in [0.1, 0.15) is 10.4 Å². The molecule has 0 unspecified atom stereocenters. The van der Waals surface area contributed by atoms with E-state index in [-0.39, 0.29) is 11.9 Å². The molecule has 7 heteroatoms. The van der Waals surface area contributed by atoms with Crippen LogP contribution in [0, 0.1) is 3.57 Å². The Labute approximate surface area is 146 Å². The fraction of sp³-hybridized carbons (Fsp3) is 0.429. The molecule has 0 spiro atoms. The van der Waals surface area contributed by atoms with Crippen molar-refractivity contribution in [1.29, 1.82) is 0 Å². The molecular formula is C14H17BrIN3O2. The maximum Gasteiger partial charge on any atom is 0.319 e. The maximum absolute atomic E-state index is 12.6. The van der Waals surface area contributed by atoms with E-state index >= 15 is 0 Å². The topological polar surface area (TPSA) is 43.9 Å². The van der Waals surface area contributed by atoms with Crippen LogP contribution in [0.15, 0.2) is 22.7 Å². The Bertz CT molecular complexity index is 557. The standard InChI is InChI=1S/C14H17BrIN3O2/c1-17(2)14(21)19-7-5-18(6-8-19)13(20)11-9-10(16)3-4-12(11)15/h3-4,9H,5-8H2,1-2H3. The van der Waals surface area contributed by atoms with E-state index in [9.17, 15) is 9.59 Å². The first kappa shape index (κ1) is 16.5. The number of halogens is 2. The molecule has 1 heterocycles. The number of carbonyl (C=O) groups is 2. The lowest BCUT2D eigenvalue weighted by atomic mass is 10.2. The molecule has 21 heavy (non-hydrogen) atoms. The van der Waals surface area contributed by atoms with Crippen molar-refractivity contribution in [3.8, 4) is 0 Å². The summed E-state index contributed by atoms with van der Waals surface area (Å²) in [5, 5.41) is 0. The summed E-state index contributed by atoms with van der Waals surface area (Å²) in [5.74, 6) is 0.0114. The number of hydrogen-bond donors (Lipinski definition) is 0. The zero-order valence-electron chi connectivity index (χ0n) is 12.0. The van der Waals surface area contributed by atoms with Crippen molar-refractivity contribution in [2.45, 2.75) is 0 Å². The molecule has 114 valence electrons. The summed E-state index contributed by atoms with van der Waals surface area (Å²) in [6.45, 7) is 2.28. The number of amides is 3. The molecule has 1 aromatic carbocycles. The van der Waals surface area contributed by atoms with Crippen molar-refractivity contribution in [1.82, 2.24) is 14.7 Å². The van der Waals surface area contributed by atoms with Gasteiger partial charge in [-0.15, -0.1) is 0 Å². The highest BCUT2D eigenvalue weighted by Crippen LogP contribution is 2.21. The molecule has 1 aliphatic heterocycles. The van der Waals surface area contributed by atoms with Crippen LogP contribution in [-0.4, -0.2) is 66.9 Å². The van der Waals surface area contributed by atoms with Crippen LogP contribution in [-0.2, 0) is 0 Å². The molecule has 0 atom stereocenters. The molecule has 5 nitrogen and oxygen atoms in total. The van der Waals surface area contributed by atoms with Crippen molar-refractivity contribution in [3.05, 3.63) is 31.8 Å². The molecular weight excluding hydrogens is 449 g/mol. The molecule has 1 aliphatic rings. The second kappa shape index (κ2) is 6.95. The largest absolute Gasteiger partial charge is 0.335 e. The molecule has 1 fully saturated rings. The second-order valence-corrected chi connectivity index (χ2v) is 7.18. The number of hydrogen-bond acceptors (Lipinski definition) is 2. The normalized spacial score (nSPS) is 15.0. The molecule has 1 aromatic rings. The van der Waals surface area contributed by atoms with Crippen LogP contribution in [0.2, 0.25) is 0 Å². The summed E-state index contributed by atoms with van der Waals surface area (Å²) in [6.07, 6.45) is 0. The van der Waals surface area contributed by atoms with E-state index in [0.717, 1.165) is 8.04 Å². The van der Waals surface area contributed by atoms with Gasteiger partial charge in [0.1, 0.15) is 0 Å². The first-order chi connectivity index (χ1) is 9.90. The smallest absolute Gasteiger partial charge is 0.319 e. The Morgan fingerprint density at radius 1 is 1.14 bits per heavy atom. The summed E-state index contributed by atoms with van der Waals surface area (Å²) < 4.78 is 1.83. The fourth-order valence-electron chi connectivity index (χ4n) is 2.22. The number of nitrogens with zero attached hydrogens (tertiary/aromatic N) is 3.